The summed E-state index contributed by atoms with van der Waals surface area (Å²) in [6.45, 7) is 2.32. The fourth-order valence-electron chi connectivity index (χ4n) is 5.40. The van der Waals surface area contributed by atoms with Crippen molar-refractivity contribution in [3.63, 3.8) is 0 Å². The fraction of sp³-hybridized carbons (Fsp3) is 0.667. The van der Waals surface area contributed by atoms with Gasteiger partial charge in [0.25, 0.3) is 0 Å². The van der Waals surface area contributed by atoms with Crippen molar-refractivity contribution < 1.29 is 0 Å². The normalized spacial score (nSPS) is 40.0. The molecule has 20 heavy (non-hydrogen) atoms. The molecule has 0 spiro atoms. The molecule has 0 heterocycles. The van der Waals surface area contributed by atoms with E-state index in [1.807, 2.05) is 0 Å². The molecule has 1 aromatic carbocycles. The van der Waals surface area contributed by atoms with E-state index >= 15 is 0 Å². The Balaban J connectivity index is 1.50. The molecule has 2 heteroatoms. The van der Waals surface area contributed by atoms with E-state index in [2.05, 4.69) is 52.4 Å². The highest BCUT2D eigenvalue weighted by molar-refractivity contribution is 9.10. The van der Waals surface area contributed by atoms with Gasteiger partial charge in [-0.2, -0.15) is 0 Å². The summed E-state index contributed by atoms with van der Waals surface area (Å²) in [6.07, 6.45) is 7.51. The monoisotopic (exact) mass is 333 g/mol. The molecular formula is C18H24BrN. The van der Waals surface area contributed by atoms with Crippen molar-refractivity contribution in [2.75, 3.05) is 0 Å². The Kier molecular flexibility index (Phi) is 3.42. The molecule has 1 N–H and O–H groups in total. The Morgan fingerprint density at radius 3 is 2.20 bits per heavy atom. The van der Waals surface area contributed by atoms with Crippen LogP contribution in [0.2, 0.25) is 0 Å². The lowest BCUT2D eigenvalue weighted by molar-refractivity contribution is -0.0171. The second-order valence-electron chi connectivity index (χ2n) is 7.37. The zero-order chi connectivity index (χ0) is 13.7. The molecule has 4 saturated carbocycles. The third-order valence-corrected chi connectivity index (χ3v) is 6.76. The molecule has 1 atom stereocenters. The first-order chi connectivity index (χ1) is 9.70. The highest BCUT2D eigenvalue weighted by Gasteiger charge is 2.48. The van der Waals surface area contributed by atoms with Crippen molar-refractivity contribution in [2.45, 2.75) is 51.1 Å². The standard InChI is InChI=1S/C18H24BrN/c1-11(16-4-2-3-5-17(16)19)20-18-14-7-12-6-13(9-14)10-15(18)8-12/h2-5,11-15,18,20H,6-10H2,1H3/t11-,12?,13?,14?,15?,18?/m1/s1. The predicted octanol–water partition coefficient (Wildman–Crippen LogP) is 4.92. The molecule has 0 radical (unpaired) electrons. The molecule has 0 saturated heterocycles. The molecule has 4 bridgehead atoms. The van der Waals surface area contributed by atoms with E-state index in [0.29, 0.717) is 6.04 Å². The Morgan fingerprint density at radius 2 is 1.60 bits per heavy atom. The van der Waals surface area contributed by atoms with Crippen LogP contribution in [0.1, 0.15) is 50.6 Å². The molecule has 0 aromatic heterocycles. The lowest BCUT2D eigenvalue weighted by Gasteiger charge is -2.55. The van der Waals surface area contributed by atoms with Gasteiger partial charge in [-0.05, 0) is 74.3 Å². The van der Waals surface area contributed by atoms with Crippen molar-refractivity contribution in [3.8, 4) is 0 Å². The van der Waals surface area contributed by atoms with E-state index in [0.717, 1.165) is 29.7 Å². The predicted molar refractivity (Wildman–Crippen MR) is 86.5 cm³/mol. The van der Waals surface area contributed by atoms with E-state index in [9.17, 15) is 0 Å². The van der Waals surface area contributed by atoms with Gasteiger partial charge in [0.05, 0.1) is 0 Å². The molecule has 108 valence electrons. The summed E-state index contributed by atoms with van der Waals surface area (Å²) in [4.78, 5) is 0. The fourth-order valence-corrected chi connectivity index (χ4v) is 6.03. The van der Waals surface area contributed by atoms with Crippen LogP contribution in [0.15, 0.2) is 28.7 Å². The third-order valence-electron chi connectivity index (χ3n) is 6.04. The van der Waals surface area contributed by atoms with E-state index in [1.54, 1.807) is 6.42 Å². The van der Waals surface area contributed by atoms with Gasteiger partial charge in [-0.1, -0.05) is 34.1 Å². The van der Waals surface area contributed by atoms with Crippen LogP contribution in [0.25, 0.3) is 0 Å². The SMILES string of the molecule is C[C@@H](NC1C2CC3CC(C2)CC1C3)c1ccccc1Br. The quantitative estimate of drug-likeness (QED) is 0.827. The van der Waals surface area contributed by atoms with E-state index in [1.165, 1.54) is 35.7 Å². The molecule has 5 rings (SSSR count). The van der Waals surface area contributed by atoms with Gasteiger partial charge in [-0.25, -0.2) is 0 Å². The zero-order valence-corrected chi connectivity index (χ0v) is 13.8. The molecule has 0 unspecified atom stereocenters. The van der Waals surface area contributed by atoms with E-state index in [-0.39, 0.29) is 0 Å². The number of hydrogen-bond acceptors (Lipinski definition) is 1. The van der Waals surface area contributed by atoms with Crippen molar-refractivity contribution in [2.24, 2.45) is 23.7 Å². The maximum atomic E-state index is 3.99. The second-order valence-corrected chi connectivity index (χ2v) is 8.22. The smallest absolute Gasteiger partial charge is 0.0305 e. The van der Waals surface area contributed by atoms with Crippen molar-refractivity contribution in [1.29, 1.82) is 0 Å². The summed E-state index contributed by atoms with van der Waals surface area (Å²) < 4.78 is 1.24. The van der Waals surface area contributed by atoms with Gasteiger partial charge in [0.1, 0.15) is 0 Å². The Labute approximate surface area is 130 Å². The van der Waals surface area contributed by atoms with E-state index < -0.39 is 0 Å². The van der Waals surface area contributed by atoms with Gasteiger partial charge in [-0.3, -0.25) is 0 Å². The first-order valence-corrected chi connectivity index (χ1v) is 9.00. The van der Waals surface area contributed by atoms with Crippen molar-refractivity contribution in [1.82, 2.24) is 5.32 Å². The summed E-state index contributed by atoms with van der Waals surface area (Å²) in [6, 6.07) is 9.87. The highest BCUT2D eigenvalue weighted by Crippen LogP contribution is 2.54. The summed E-state index contributed by atoms with van der Waals surface area (Å²) in [5.74, 6) is 4.04. The van der Waals surface area contributed by atoms with Gasteiger partial charge in [-0.15, -0.1) is 0 Å². The van der Waals surface area contributed by atoms with Crippen LogP contribution >= 0.6 is 15.9 Å². The van der Waals surface area contributed by atoms with Crippen molar-refractivity contribution >= 4 is 15.9 Å². The van der Waals surface area contributed by atoms with E-state index in [4.69, 9.17) is 0 Å². The number of halogens is 1. The Hall–Kier alpha value is -0.340. The zero-order valence-electron chi connectivity index (χ0n) is 12.2. The van der Waals surface area contributed by atoms with Crippen molar-refractivity contribution in [3.05, 3.63) is 34.3 Å². The molecule has 1 aromatic rings. The summed E-state index contributed by atoms with van der Waals surface area (Å²) in [5, 5.41) is 3.99. The van der Waals surface area contributed by atoms with Gasteiger partial charge in [0, 0.05) is 16.6 Å². The van der Waals surface area contributed by atoms with Crippen LogP contribution in [0.4, 0.5) is 0 Å². The maximum absolute atomic E-state index is 3.99. The third kappa shape index (κ3) is 2.25. The maximum Gasteiger partial charge on any atom is 0.0305 e. The van der Waals surface area contributed by atoms with Crippen LogP contribution in [0.5, 0.6) is 0 Å². The number of hydrogen-bond donors (Lipinski definition) is 1. The summed E-state index contributed by atoms with van der Waals surface area (Å²) >= 11 is 3.70. The minimum absolute atomic E-state index is 0.452. The number of rotatable bonds is 3. The summed E-state index contributed by atoms with van der Waals surface area (Å²) in [5.41, 5.74) is 1.40. The minimum atomic E-state index is 0.452. The number of nitrogens with one attached hydrogen (secondary N) is 1. The van der Waals surface area contributed by atoms with Crippen LogP contribution < -0.4 is 5.32 Å². The van der Waals surface area contributed by atoms with Crippen LogP contribution in [-0.4, -0.2) is 6.04 Å². The highest BCUT2D eigenvalue weighted by atomic mass is 79.9. The molecule has 4 aliphatic carbocycles. The van der Waals surface area contributed by atoms with Gasteiger partial charge in [0.2, 0.25) is 0 Å². The topological polar surface area (TPSA) is 12.0 Å². The first-order valence-electron chi connectivity index (χ1n) is 8.21. The van der Waals surface area contributed by atoms with Crippen LogP contribution in [0, 0.1) is 23.7 Å². The average molecular weight is 334 g/mol. The Morgan fingerprint density at radius 1 is 1.00 bits per heavy atom. The molecular weight excluding hydrogens is 310 g/mol. The lowest BCUT2D eigenvalue weighted by Crippen LogP contribution is -2.54. The van der Waals surface area contributed by atoms with Crippen LogP contribution in [0.3, 0.4) is 0 Å². The molecule has 0 aliphatic heterocycles. The molecule has 1 nitrogen and oxygen atoms in total. The van der Waals surface area contributed by atoms with Gasteiger partial charge >= 0.3 is 0 Å². The Bertz CT molecular complexity index is 470. The molecule has 4 fully saturated rings. The average Bonchev–Trinajstić information content (AvgIpc) is 2.42. The van der Waals surface area contributed by atoms with Gasteiger partial charge < -0.3 is 5.32 Å². The number of benzene rings is 1. The second kappa shape index (κ2) is 5.14. The largest absolute Gasteiger partial charge is 0.307 e. The first kappa shape index (κ1) is 13.3. The lowest BCUT2D eigenvalue weighted by atomic mass is 9.54. The minimum Gasteiger partial charge on any atom is -0.307 e. The summed E-state index contributed by atoms with van der Waals surface area (Å²) in [7, 11) is 0. The van der Waals surface area contributed by atoms with Crippen LogP contribution in [-0.2, 0) is 0 Å². The molecule has 4 aliphatic rings. The molecule has 0 amide bonds. The van der Waals surface area contributed by atoms with Gasteiger partial charge in [0.15, 0.2) is 0 Å².